The third-order valence-electron chi connectivity index (χ3n) is 9.72. The number of nitrogens with zero attached hydrogens (tertiary/aromatic N) is 4. The number of carbonyl (C=O) groups excluding carboxylic acids is 2. The number of rotatable bonds is 9. The van der Waals surface area contributed by atoms with Crippen molar-refractivity contribution in [2.24, 2.45) is 0 Å². The van der Waals surface area contributed by atoms with E-state index in [4.69, 9.17) is 0 Å². The minimum absolute atomic E-state index is 0.0814. The highest BCUT2D eigenvalue weighted by molar-refractivity contribution is 5.87. The molecule has 206 valence electrons. The van der Waals surface area contributed by atoms with Crippen molar-refractivity contribution in [2.75, 3.05) is 39.4 Å². The zero-order valence-corrected chi connectivity index (χ0v) is 23.1. The highest BCUT2D eigenvalue weighted by Gasteiger charge is 2.52. The van der Waals surface area contributed by atoms with Gasteiger partial charge >= 0.3 is 0 Å². The Hall–Kier alpha value is -1.22. The van der Waals surface area contributed by atoms with Crippen LogP contribution in [0.1, 0.15) is 91.9 Å². The van der Waals surface area contributed by atoms with E-state index in [0.717, 1.165) is 64.5 Å². The predicted molar refractivity (Wildman–Crippen MR) is 140 cm³/mol. The van der Waals surface area contributed by atoms with Gasteiger partial charge in [0.05, 0.1) is 24.3 Å². The maximum absolute atomic E-state index is 13.6. The molecule has 4 fully saturated rings. The SMILES string of the molecule is CC1(C)C(=O)N(CCCCN2C(=O)C(C)(C)N(CCO)[C@@H]3CCCC[C@H]32)[C@@H]2CCCC[C@H]2N1CCO. The Morgan fingerprint density at radius 2 is 0.944 bits per heavy atom. The van der Waals surface area contributed by atoms with E-state index in [2.05, 4.69) is 19.6 Å². The lowest BCUT2D eigenvalue weighted by Crippen LogP contribution is -2.72. The molecule has 4 rings (SSSR count). The number of fused-ring (bicyclic) bond motifs is 2. The van der Waals surface area contributed by atoms with Gasteiger partial charge in [-0.25, -0.2) is 0 Å². The normalized spacial score (nSPS) is 32.9. The fourth-order valence-electron chi connectivity index (χ4n) is 7.92. The van der Waals surface area contributed by atoms with E-state index in [0.29, 0.717) is 25.2 Å². The van der Waals surface area contributed by atoms with E-state index >= 15 is 0 Å². The maximum atomic E-state index is 13.6. The van der Waals surface area contributed by atoms with Gasteiger partial charge in [-0.1, -0.05) is 25.7 Å². The van der Waals surface area contributed by atoms with Crippen molar-refractivity contribution in [3.8, 4) is 0 Å². The molecule has 8 heteroatoms. The molecule has 4 atom stereocenters. The third-order valence-corrected chi connectivity index (χ3v) is 9.72. The fraction of sp³-hybridized carbons (Fsp3) is 0.929. The summed E-state index contributed by atoms with van der Waals surface area (Å²) in [6.07, 6.45) is 10.7. The van der Waals surface area contributed by atoms with Crippen molar-refractivity contribution in [3.05, 3.63) is 0 Å². The molecular formula is C28H50N4O4. The molecule has 0 aromatic rings. The lowest BCUT2D eigenvalue weighted by atomic mass is 9.80. The first kappa shape index (κ1) is 27.8. The van der Waals surface area contributed by atoms with Gasteiger partial charge < -0.3 is 20.0 Å². The summed E-state index contributed by atoms with van der Waals surface area (Å²) in [5, 5.41) is 19.3. The van der Waals surface area contributed by atoms with E-state index in [1.165, 1.54) is 12.8 Å². The molecule has 2 saturated heterocycles. The Morgan fingerprint density at radius 1 is 0.611 bits per heavy atom. The number of aliphatic hydroxyl groups excluding tert-OH is 2. The van der Waals surface area contributed by atoms with Crippen LogP contribution < -0.4 is 0 Å². The summed E-state index contributed by atoms with van der Waals surface area (Å²) < 4.78 is 0. The van der Waals surface area contributed by atoms with Crippen molar-refractivity contribution in [1.29, 1.82) is 0 Å². The van der Waals surface area contributed by atoms with Crippen LogP contribution in [0.2, 0.25) is 0 Å². The van der Waals surface area contributed by atoms with Gasteiger partial charge in [-0.3, -0.25) is 19.4 Å². The molecule has 0 unspecified atom stereocenters. The van der Waals surface area contributed by atoms with Crippen molar-refractivity contribution in [3.63, 3.8) is 0 Å². The van der Waals surface area contributed by atoms with Gasteiger partial charge in [0.1, 0.15) is 0 Å². The number of hydrogen-bond donors (Lipinski definition) is 2. The molecule has 2 heterocycles. The Morgan fingerprint density at radius 3 is 1.28 bits per heavy atom. The first-order valence-corrected chi connectivity index (χ1v) is 14.5. The average Bonchev–Trinajstić information content (AvgIpc) is 2.86. The van der Waals surface area contributed by atoms with Crippen molar-refractivity contribution < 1.29 is 19.8 Å². The standard InChI is InChI=1S/C28H50N4O4/c1-27(2)25(35)29(21-11-5-7-13-23(21)31(27)17-19-33)15-9-10-16-30-22-12-6-8-14-24(22)32(18-20-34)28(3,4)26(30)36/h21-24,33-34H,5-20H2,1-4H3/t21-,22-,23-,24-/m1/s1. The maximum Gasteiger partial charge on any atom is 0.242 e. The smallest absolute Gasteiger partial charge is 0.242 e. The third kappa shape index (κ3) is 4.95. The lowest BCUT2D eigenvalue weighted by Gasteiger charge is -2.57. The van der Waals surface area contributed by atoms with Crippen LogP contribution in [0.4, 0.5) is 0 Å². The molecule has 0 spiro atoms. The molecule has 2 aliphatic heterocycles. The number of carbonyl (C=O) groups is 2. The summed E-state index contributed by atoms with van der Waals surface area (Å²) in [4.78, 5) is 36.0. The summed E-state index contributed by atoms with van der Waals surface area (Å²) in [6, 6.07) is 1.11. The van der Waals surface area contributed by atoms with Gasteiger partial charge in [-0.2, -0.15) is 0 Å². The number of piperazine rings is 2. The molecule has 2 N–H and O–H groups in total. The van der Waals surface area contributed by atoms with Crippen molar-refractivity contribution in [1.82, 2.24) is 19.6 Å². The second-order valence-corrected chi connectivity index (χ2v) is 12.5. The predicted octanol–water partition coefficient (Wildman–Crippen LogP) is 2.22. The van der Waals surface area contributed by atoms with Crippen LogP contribution in [-0.2, 0) is 9.59 Å². The number of hydrogen-bond acceptors (Lipinski definition) is 6. The Bertz CT molecular complexity index is 724. The van der Waals surface area contributed by atoms with Gasteiger partial charge in [0, 0.05) is 50.3 Å². The summed E-state index contributed by atoms with van der Waals surface area (Å²) in [7, 11) is 0. The molecule has 2 amide bonds. The molecule has 0 aromatic carbocycles. The van der Waals surface area contributed by atoms with Crippen LogP contribution in [0.15, 0.2) is 0 Å². The van der Waals surface area contributed by atoms with Gasteiger partial charge in [0.2, 0.25) is 11.8 Å². The molecule has 2 aliphatic carbocycles. The molecule has 36 heavy (non-hydrogen) atoms. The summed E-state index contributed by atoms with van der Waals surface area (Å²) in [5.74, 6) is 0.363. The van der Waals surface area contributed by atoms with Crippen LogP contribution >= 0.6 is 0 Å². The quantitative estimate of drug-likeness (QED) is 0.467. The van der Waals surface area contributed by atoms with Crippen LogP contribution in [0.25, 0.3) is 0 Å². The van der Waals surface area contributed by atoms with E-state index in [9.17, 15) is 19.8 Å². The summed E-state index contributed by atoms with van der Waals surface area (Å²) in [6.45, 7) is 10.8. The van der Waals surface area contributed by atoms with Gasteiger partial charge in [-0.15, -0.1) is 0 Å². The second-order valence-electron chi connectivity index (χ2n) is 12.5. The number of β-amino-alcohol motifs (C(OH)–C–C–N with tert-alkyl or cyclic N) is 2. The molecular weight excluding hydrogens is 456 g/mol. The largest absolute Gasteiger partial charge is 0.395 e. The zero-order chi connectivity index (χ0) is 26.1. The van der Waals surface area contributed by atoms with Crippen molar-refractivity contribution in [2.45, 2.75) is 127 Å². The molecule has 8 nitrogen and oxygen atoms in total. The van der Waals surface area contributed by atoms with Crippen LogP contribution in [0, 0.1) is 0 Å². The minimum atomic E-state index is -0.598. The van der Waals surface area contributed by atoms with E-state index in [-0.39, 0.29) is 37.1 Å². The van der Waals surface area contributed by atoms with E-state index < -0.39 is 11.1 Å². The monoisotopic (exact) mass is 506 g/mol. The highest BCUT2D eigenvalue weighted by atomic mass is 16.3. The topological polar surface area (TPSA) is 87.6 Å². The van der Waals surface area contributed by atoms with Gasteiger partial charge in [0.25, 0.3) is 0 Å². The van der Waals surface area contributed by atoms with E-state index in [1.807, 2.05) is 27.7 Å². The number of unbranched alkanes of at least 4 members (excludes halogenated alkanes) is 1. The number of aliphatic hydroxyl groups is 2. The van der Waals surface area contributed by atoms with Gasteiger partial charge in [-0.05, 0) is 66.2 Å². The molecule has 2 saturated carbocycles. The van der Waals surface area contributed by atoms with Crippen LogP contribution in [-0.4, -0.2) is 116 Å². The first-order chi connectivity index (χ1) is 17.2. The van der Waals surface area contributed by atoms with Crippen LogP contribution in [0.3, 0.4) is 0 Å². The Kier molecular flexibility index (Phi) is 8.70. The molecule has 0 radical (unpaired) electrons. The van der Waals surface area contributed by atoms with Crippen LogP contribution in [0.5, 0.6) is 0 Å². The Balaban J connectivity index is 1.41. The second kappa shape index (κ2) is 11.3. The first-order valence-electron chi connectivity index (χ1n) is 14.5. The zero-order valence-electron chi connectivity index (χ0n) is 23.1. The highest BCUT2D eigenvalue weighted by Crippen LogP contribution is 2.39. The summed E-state index contributed by atoms with van der Waals surface area (Å²) >= 11 is 0. The summed E-state index contributed by atoms with van der Waals surface area (Å²) in [5.41, 5.74) is -1.20. The number of amides is 2. The minimum Gasteiger partial charge on any atom is -0.395 e. The van der Waals surface area contributed by atoms with Crippen molar-refractivity contribution >= 4 is 11.8 Å². The fourth-order valence-corrected chi connectivity index (χ4v) is 7.92. The average molecular weight is 507 g/mol. The molecule has 0 aromatic heterocycles. The lowest BCUT2D eigenvalue weighted by molar-refractivity contribution is -0.165. The molecule has 0 bridgehead atoms. The Labute approximate surface area is 218 Å². The van der Waals surface area contributed by atoms with E-state index in [1.54, 1.807) is 0 Å². The molecule has 4 aliphatic rings. The van der Waals surface area contributed by atoms with Gasteiger partial charge in [0.15, 0.2) is 0 Å².